The van der Waals surface area contributed by atoms with Gasteiger partial charge >= 0.3 is 18.2 Å². The molecule has 0 aromatic heterocycles. The van der Waals surface area contributed by atoms with Crippen LogP contribution >= 0.6 is 0 Å². The van der Waals surface area contributed by atoms with E-state index < -0.39 is 51.6 Å². The number of alkyl carbamates (subject to hydrolysis) is 2. The third-order valence-corrected chi connectivity index (χ3v) is 3.76. The van der Waals surface area contributed by atoms with Crippen molar-refractivity contribution in [2.45, 2.75) is 77.7 Å². The SMILES string of the molecule is COC(=O)C(CCC(CNC(=O)OC(C)(C)C)OS(C)(=O)=O)NC(=O)OC(C)(C)C. The number of rotatable bonds is 9. The van der Waals surface area contributed by atoms with Gasteiger partial charge < -0.3 is 24.8 Å². The molecule has 2 unspecified atom stereocenters. The number of ether oxygens (including phenoxy) is 3. The van der Waals surface area contributed by atoms with Crippen LogP contribution in [0.1, 0.15) is 54.4 Å². The first-order valence-electron chi connectivity index (χ1n) is 9.34. The highest BCUT2D eigenvalue weighted by molar-refractivity contribution is 7.86. The van der Waals surface area contributed by atoms with Crippen LogP contribution < -0.4 is 10.6 Å². The molecule has 0 heterocycles. The second-order valence-electron chi connectivity index (χ2n) is 8.60. The lowest BCUT2D eigenvalue weighted by atomic mass is 10.1. The topological polar surface area (TPSA) is 146 Å². The third-order valence-electron chi connectivity index (χ3n) is 3.14. The van der Waals surface area contributed by atoms with E-state index in [1.165, 1.54) is 0 Å². The second-order valence-corrected chi connectivity index (χ2v) is 10.2. The van der Waals surface area contributed by atoms with Gasteiger partial charge in [-0.25, -0.2) is 14.4 Å². The maximum absolute atomic E-state index is 12.0. The summed E-state index contributed by atoms with van der Waals surface area (Å²) in [4.78, 5) is 35.8. The van der Waals surface area contributed by atoms with E-state index in [0.717, 1.165) is 13.4 Å². The van der Waals surface area contributed by atoms with Gasteiger partial charge in [-0.05, 0) is 54.4 Å². The van der Waals surface area contributed by atoms with Gasteiger partial charge in [-0.2, -0.15) is 8.42 Å². The maximum atomic E-state index is 12.0. The monoisotopic (exact) mass is 454 g/mol. The average molecular weight is 455 g/mol. The molecule has 0 radical (unpaired) electrons. The molecule has 2 atom stereocenters. The Balaban J connectivity index is 5.08. The van der Waals surface area contributed by atoms with Crippen molar-refractivity contribution in [3.05, 3.63) is 0 Å². The van der Waals surface area contributed by atoms with Crippen LogP contribution in [0, 0.1) is 0 Å². The standard InChI is InChI=1S/C18H34N2O9S/c1-17(2,3)27-15(22)19-11-12(29-30(8,24)25)9-10-13(14(21)26-7)20-16(23)28-18(4,5)6/h12-13H,9-11H2,1-8H3,(H,19,22)(H,20,23). The molecule has 0 aromatic carbocycles. The van der Waals surface area contributed by atoms with Crippen molar-refractivity contribution in [2.24, 2.45) is 0 Å². The molecule has 2 N–H and O–H groups in total. The molecule has 0 aromatic rings. The largest absolute Gasteiger partial charge is 0.467 e. The summed E-state index contributed by atoms with van der Waals surface area (Å²) in [6.45, 7) is 9.84. The highest BCUT2D eigenvalue weighted by Crippen LogP contribution is 2.12. The van der Waals surface area contributed by atoms with Gasteiger partial charge in [0.1, 0.15) is 17.2 Å². The maximum Gasteiger partial charge on any atom is 0.408 e. The fourth-order valence-electron chi connectivity index (χ4n) is 2.14. The van der Waals surface area contributed by atoms with Crippen LogP contribution in [0.25, 0.3) is 0 Å². The van der Waals surface area contributed by atoms with E-state index >= 15 is 0 Å². The first kappa shape index (κ1) is 27.9. The molecule has 0 aliphatic rings. The molecule has 11 nitrogen and oxygen atoms in total. The summed E-state index contributed by atoms with van der Waals surface area (Å²) in [5, 5.41) is 4.81. The van der Waals surface area contributed by atoms with Crippen LogP contribution in [0.2, 0.25) is 0 Å². The molecule has 176 valence electrons. The minimum Gasteiger partial charge on any atom is -0.467 e. The Morgan fingerprint density at radius 3 is 1.83 bits per heavy atom. The molecule has 0 aliphatic carbocycles. The van der Waals surface area contributed by atoms with Crippen molar-refractivity contribution < 1.29 is 41.2 Å². The summed E-state index contributed by atoms with van der Waals surface area (Å²) in [7, 11) is -2.69. The zero-order valence-corrected chi connectivity index (χ0v) is 19.7. The van der Waals surface area contributed by atoms with Gasteiger partial charge in [0.2, 0.25) is 0 Å². The summed E-state index contributed by atoms with van der Waals surface area (Å²) in [6.07, 6.45) is -1.74. The third kappa shape index (κ3) is 14.9. The van der Waals surface area contributed by atoms with E-state index in [-0.39, 0.29) is 19.4 Å². The average Bonchev–Trinajstić information content (AvgIpc) is 2.50. The fourth-order valence-corrected chi connectivity index (χ4v) is 2.79. The minimum absolute atomic E-state index is 0.00156. The molecule has 0 bridgehead atoms. The van der Waals surface area contributed by atoms with Crippen LogP contribution in [0.4, 0.5) is 9.59 Å². The van der Waals surface area contributed by atoms with E-state index in [2.05, 4.69) is 15.4 Å². The van der Waals surface area contributed by atoms with Crippen LogP contribution in [-0.4, -0.2) is 69.8 Å². The Morgan fingerprint density at radius 2 is 1.40 bits per heavy atom. The smallest absolute Gasteiger partial charge is 0.408 e. The van der Waals surface area contributed by atoms with Gasteiger partial charge in [0.05, 0.1) is 19.5 Å². The molecule has 0 fully saturated rings. The molecule has 0 saturated carbocycles. The zero-order chi connectivity index (χ0) is 23.8. The molecule has 2 amide bonds. The Kier molecular flexibility index (Phi) is 10.6. The molecular weight excluding hydrogens is 420 g/mol. The van der Waals surface area contributed by atoms with E-state index in [9.17, 15) is 22.8 Å². The van der Waals surface area contributed by atoms with E-state index in [4.69, 9.17) is 13.7 Å². The number of hydrogen-bond donors (Lipinski definition) is 2. The van der Waals surface area contributed by atoms with E-state index in [0.29, 0.717) is 0 Å². The van der Waals surface area contributed by atoms with E-state index in [1.807, 2.05) is 0 Å². The summed E-state index contributed by atoms with van der Waals surface area (Å²) in [5.41, 5.74) is -1.51. The molecule has 0 spiro atoms. The number of esters is 1. The van der Waals surface area contributed by atoms with Gasteiger partial charge in [-0.1, -0.05) is 0 Å². The number of amides is 2. The zero-order valence-electron chi connectivity index (χ0n) is 18.9. The van der Waals surface area contributed by atoms with Gasteiger partial charge in [0, 0.05) is 6.54 Å². The molecule has 0 rings (SSSR count). The number of carbonyl (C=O) groups excluding carboxylic acids is 3. The van der Waals surface area contributed by atoms with Gasteiger partial charge in [0.25, 0.3) is 10.1 Å². The Hall–Kier alpha value is -2.08. The highest BCUT2D eigenvalue weighted by Gasteiger charge is 2.27. The van der Waals surface area contributed by atoms with Gasteiger partial charge in [0.15, 0.2) is 0 Å². The molecule has 0 aliphatic heterocycles. The fraction of sp³-hybridized carbons (Fsp3) is 0.833. The lowest BCUT2D eigenvalue weighted by Gasteiger charge is -2.24. The van der Waals surface area contributed by atoms with Crippen LogP contribution in [0.5, 0.6) is 0 Å². The number of nitrogens with one attached hydrogen (secondary N) is 2. The van der Waals surface area contributed by atoms with Crippen molar-refractivity contribution in [3.63, 3.8) is 0 Å². The summed E-state index contributed by atoms with van der Waals surface area (Å²) < 4.78 is 42.9. The lowest BCUT2D eigenvalue weighted by Crippen LogP contribution is -2.45. The predicted molar refractivity (Wildman–Crippen MR) is 108 cm³/mol. The summed E-state index contributed by atoms with van der Waals surface area (Å²) in [5.74, 6) is -0.737. The van der Waals surface area contributed by atoms with E-state index in [1.54, 1.807) is 41.5 Å². The predicted octanol–water partition coefficient (Wildman–Crippen LogP) is 1.70. The first-order valence-corrected chi connectivity index (χ1v) is 11.2. The van der Waals surface area contributed by atoms with Crippen molar-refractivity contribution in [1.82, 2.24) is 10.6 Å². The summed E-state index contributed by atoms with van der Waals surface area (Å²) >= 11 is 0. The number of hydrogen-bond acceptors (Lipinski definition) is 9. The minimum atomic E-state index is -3.85. The normalized spacial score (nSPS) is 14.3. The number of carbonyl (C=O) groups is 3. The first-order chi connectivity index (χ1) is 13.4. The Labute approximate surface area is 178 Å². The van der Waals surface area contributed by atoms with Crippen molar-refractivity contribution in [2.75, 3.05) is 19.9 Å². The lowest BCUT2D eigenvalue weighted by molar-refractivity contribution is -0.143. The molecule has 30 heavy (non-hydrogen) atoms. The van der Waals surface area contributed by atoms with Crippen LogP contribution in [0.15, 0.2) is 0 Å². The summed E-state index contributed by atoms with van der Waals surface area (Å²) in [6, 6.07) is -1.10. The van der Waals surface area contributed by atoms with Crippen molar-refractivity contribution >= 4 is 28.3 Å². The van der Waals surface area contributed by atoms with Crippen molar-refractivity contribution in [3.8, 4) is 0 Å². The molecule has 12 heteroatoms. The van der Waals surface area contributed by atoms with Gasteiger partial charge in [-0.15, -0.1) is 0 Å². The highest BCUT2D eigenvalue weighted by atomic mass is 32.2. The molecule has 0 saturated heterocycles. The van der Waals surface area contributed by atoms with Gasteiger partial charge in [-0.3, -0.25) is 4.18 Å². The number of methoxy groups -OCH3 is 1. The Morgan fingerprint density at radius 1 is 0.900 bits per heavy atom. The molecular formula is C18H34N2O9S. The van der Waals surface area contributed by atoms with Crippen LogP contribution in [0.3, 0.4) is 0 Å². The Bertz CT molecular complexity index is 693. The van der Waals surface area contributed by atoms with Crippen molar-refractivity contribution in [1.29, 1.82) is 0 Å². The quantitative estimate of drug-likeness (QED) is 0.302. The van der Waals surface area contributed by atoms with Crippen LogP contribution in [-0.2, 0) is 33.3 Å². The second kappa shape index (κ2) is 11.3.